The van der Waals surface area contributed by atoms with Crippen LogP contribution in [0.4, 0.5) is 0 Å². The van der Waals surface area contributed by atoms with Crippen molar-refractivity contribution >= 4 is 0 Å². The Hall–Kier alpha value is -0.860. The van der Waals surface area contributed by atoms with Crippen molar-refractivity contribution in [2.24, 2.45) is 0 Å². The lowest BCUT2D eigenvalue weighted by molar-refractivity contribution is 0.190. The number of aryl methyl sites for hydroxylation is 1. The summed E-state index contributed by atoms with van der Waals surface area (Å²) in [7, 11) is 0. The Morgan fingerprint density at radius 3 is 2.67 bits per heavy atom. The zero-order valence-corrected chi connectivity index (χ0v) is 9.74. The molecular weight excluding hydrogens is 186 g/mol. The van der Waals surface area contributed by atoms with Crippen molar-refractivity contribution < 1.29 is 5.11 Å². The maximum absolute atomic E-state index is 8.95. The van der Waals surface area contributed by atoms with Crippen LogP contribution in [-0.2, 0) is 6.54 Å². The van der Waals surface area contributed by atoms with E-state index in [-0.39, 0.29) is 6.61 Å². The molecule has 0 bridgehead atoms. The van der Waals surface area contributed by atoms with Crippen molar-refractivity contribution in [1.82, 2.24) is 4.90 Å². The molecule has 0 atom stereocenters. The van der Waals surface area contributed by atoms with Gasteiger partial charge in [0.2, 0.25) is 0 Å². The Balaban J connectivity index is 2.56. The van der Waals surface area contributed by atoms with Gasteiger partial charge in [-0.3, -0.25) is 4.90 Å². The lowest BCUT2D eigenvalue weighted by Gasteiger charge is -2.20. The van der Waals surface area contributed by atoms with Gasteiger partial charge >= 0.3 is 0 Å². The van der Waals surface area contributed by atoms with Gasteiger partial charge in [0.05, 0.1) is 6.61 Å². The normalized spacial score (nSPS) is 10.9. The highest BCUT2D eigenvalue weighted by atomic mass is 16.3. The predicted molar refractivity (Wildman–Crippen MR) is 63.8 cm³/mol. The van der Waals surface area contributed by atoms with E-state index in [9.17, 15) is 0 Å². The first-order chi connectivity index (χ1) is 7.26. The van der Waals surface area contributed by atoms with E-state index in [1.165, 1.54) is 11.1 Å². The lowest BCUT2D eigenvalue weighted by Crippen LogP contribution is -2.27. The average molecular weight is 207 g/mol. The number of aliphatic hydroxyl groups is 1. The first kappa shape index (κ1) is 12.2. The molecule has 0 saturated heterocycles. The van der Waals surface area contributed by atoms with Crippen molar-refractivity contribution in [3.63, 3.8) is 0 Å². The van der Waals surface area contributed by atoms with Crippen LogP contribution in [0.3, 0.4) is 0 Å². The summed E-state index contributed by atoms with van der Waals surface area (Å²) in [6.07, 6.45) is 1.13. The summed E-state index contributed by atoms with van der Waals surface area (Å²) in [5.41, 5.74) is 2.63. The highest BCUT2D eigenvalue weighted by Crippen LogP contribution is 2.07. The lowest BCUT2D eigenvalue weighted by atomic mass is 10.1. The second kappa shape index (κ2) is 6.59. The molecule has 1 aromatic carbocycles. The smallest absolute Gasteiger partial charge is 0.0558 e. The van der Waals surface area contributed by atoms with Gasteiger partial charge in [-0.05, 0) is 25.5 Å². The van der Waals surface area contributed by atoms with E-state index in [2.05, 4.69) is 43.0 Å². The highest BCUT2D eigenvalue weighted by Gasteiger charge is 2.03. The molecule has 1 N–H and O–H groups in total. The second-order valence-electron chi connectivity index (χ2n) is 3.99. The minimum atomic E-state index is 0.242. The van der Waals surface area contributed by atoms with Crippen molar-refractivity contribution in [3.8, 4) is 0 Å². The summed E-state index contributed by atoms with van der Waals surface area (Å²) in [6.45, 7) is 7.28. The third-order valence-corrected chi connectivity index (χ3v) is 2.44. The molecule has 0 heterocycles. The van der Waals surface area contributed by atoms with Crippen molar-refractivity contribution in [1.29, 1.82) is 0 Å². The van der Waals surface area contributed by atoms with Crippen LogP contribution >= 0.6 is 0 Å². The molecule has 2 nitrogen and oxygen atoms in total. The van der Waals surface area contributed by atoms with Gasteiger partial charge in [-0.25, -0.2) is 0 Å². The summed E-state index contributed by atoms with van der Waals surface area (Å²) < 4.78 is 0. The van der Waals surface area contributed by atoms with Crippen LogP contribution in [0.5, 0.6) is 0 Å². The summed E-state index contributed by atoms with van der Waals surface area (Å²) in [5, 5.41) is 8.95. The number of hydrogen-bond donors (Lipinski definition) is 1. The molecule has 0 saturated carbocycles. The SMILES string of the molecule is CCCN(CCO)Cc1cccc(C)c1. The van der Waals surface area contributed by atoms with Gasteiger partial charge in [0.25, 0.3) is 0 Å². The molecule has 0 aromatic heterocycles. The number of benzene rings is 1. The standard InChI is InChI=1S/C13H21NO/c1-3-7-14(8-9-15)11-13-6-4-5-12(2)10-13/h4-6,10,15H,3,7-9,11H2,1-2H3. The second-order valence-corrected chi connectivity index (χ2v) is 3.99. The summed E-state index contributed by atoms with van der Waals surface area (Å²) in [5.74, 6) is 0. The van der Waals surface area contributed by atoms with Gasteiger partial charge in [-0.1, -0.05) is 36.8 Å². The molecule has 0 aliphatic carbocycles. The topological polar surface area (TPSA) is 23.5 Å². The Bertz CT molecular complexity index is 280. The Morgan fingerprint density at radius 2 is 2.07 bits per heavy atom. The molecule has 0 radical (unpaired) electrons. The summed E-state index contributed by atoms with van der Waals surface area (Å²) in [6, 6.07) is 8.56. The van der Waals surface area contributed by atoms with E-state index in [0.29, 0.717) is 0 Å². The molecular formula is C13H21NO. The van der Waals surface area contributed by atoms with Crippen LogP contribution in [-0.4, -0.2) is 29.7 Å². The fourth-order valence-electron chi connectivity index (χ4n) is 1.80. The van der Waals surface area contributed by atoms with Crippen molar-refractivity contribution in [2.75, 3.05) is 19.7 Å². The number of aliphatic hydroxyl groups excluding tert-OH is 1. The molecule has 0 fully saturated rings. The van der Waals surface area contributed by atoms with Crippen molar-refractivity contribution in [3.05, 3.63) is 35.4 Å². The monoisotopic (exact) mass is 207 g/mol. The van der Waals surface area contributed by atoms with Crippen LogP contribution in [0.25, 0.3) is 0 Å². The van der Waals surface area contributed by atoms with Gasteiger partial charge < -0.3 is 5.11 Å². The van der Waals surface area contributed by atoms with Gasteiger partial charge in [-0.15, -0.1) is 0 Å². The summed E-state index contributed by atoms with van der Waals surface area (Å²) >= 11 is 0. The van der Waals surface area contributed by atoms with Crippen LogP contribution in [0.2, 0.25) is 0 Å². The van der Waals surface area contributed by atoms with Crippen LogP contribution in [0.15, 0.2) is 24.3 Å². The fraction of sp³-hybridized carbons (Fsp3) is 0.538. The maximum atomic E-state index is 8.95. The van der Waals surface area contributed by atoms with E-state index in [1.54, 1.807) is 0 Å². The zero-order chi connectivity index (χ0) is 11.1. The molecule has 0 unspecified atom stereocenters. The molecule has 84 valence electrons. The Kier molecular flexibility index (Phi) is 5.37. The zero-order valence-electron chi connectivity index (χ0n) is 9.74. The molecule has 0 aliphatic heterocycles. The molecule has 0 aliphatic rings. The van der Waals surface area contributed by atoms with Crippen LogP contribution in [0, 0.1) is 6.92 Å². The van der Waals surface area contributed by atoms with Crippen LogP contribution < -0.4 is 0 Å². The number of rotatable bonds is 6. The largest absolute Gasteiger partial charge is 0.395 e. The molecule has 15 heavy (non-hydrogen) atoms. The van der Waals surface area contributed by atoms with E-state index in [1.807, 2.05) is 0 Å². The predicted octanol–water partition coefficient (Wildman–Crippen LogP) is 2.20. The number of hydrogen-bond acceptors (Lipinski definition) is 2. The van der Waals surface area contributed by atoms with E-state index in [0.717, 1.165) is 26.1 Å². The quantitative estimate of drug-likeness (QED) is 0.773. The third kappa shape index (κ3) is 4.45. The maximum Gasteiger partial charge on any atom is 0.0558 e. The minimum absolute atomic E-state index is 0.242. The fourth-order valence-corrected chi connectivity index (χ4v) is 1.80. The van der Waals surface area contributed by atoms with Crippen molar-refractivity contribution in [2.45, 2.75) is 26.8 Å². The molecule has 2 heteroatoms. The molecule has 0 amide bonds. The third-order valence-electron chi connectivity index (χ3n) is 2.44. The van der Waals surface area contributed by atoms with Crippen LogP contribution in [0.1, 0.15) is 24.5 Å². The van der Waals surface area contributed by atoms with Gasteiger partial charge in [0.1, 0.15) is 0 Å². The van der Waals surface area contributed by atoms with E-state index >= 15 is 0 Å². The number of nitrogens with zero attached hydrogens (tertiary/aromatic N) is 1. The first-order valence-corrected chi connectivity index (χ1v) is 5.65. The van der Waals surface area contributed by atoms with E-state index < -0.39 is 0 Å². The summed E-state index contributed by atoms with van der Waals surface area (Å²) in [4.78, 5) is 2.29. The Morgan fingerprint density at radius 1 is 1.27 bits per heavy atom. The van der Waals surface area contributed by atoms with E-state index in [4.69, 9.17) is 5.11 Å². The van der Waals surface area contributed by atoms with Gasteiger partial charge in [0, 0.05) is 13.1 Å². The molecule has 0 spiro atoms. The first-order valence-electron chi connectivity index (χ1n) is 5.65. The highest BCUT2D eigenvalue weighted by molar-refractivity contribution is 5.22. The van der Waals surface area contributed by atoms with Gasteiger partial charge in [0.15, 0.2) is 0 Å². The minimum Gasteiger partial charge on any atom is -0.395 e. The Labute approximate surface area is 92.5 Å². The molecule has 1 rings (SSSR count). The van der Waals surface area contributed by atoms with Gasteiger partial charge in [-0.2, -0.15) is 0 Å². The molecule has 1 aromatic rings. The average Bonchev–Trinajstić information content (AvgIpc) is 2.18.